The molecule has 0 bridgehead atoms. The highest BCUT2D eigenvalue weighted by atomic mass is 16.2. The normalized spacial score (nSPS) is 15.0. The van der Waals surface area contributed by atoms with Gasteiger partial charge >= 0.3 is 0 Å². The number of hydrogen-bond acceptors (Lipinski definition) is 3. The van der Waals surface area contributed by atoms with Crippen LogP contribution in [0, 0.1) is 12.8 Å². The smallest absolute Gasteiger partial charge is 0.293 e. The largest absolute Gasteiger partial charge is 0.336 e. The fourth-order valence-corrected chi connectivity index (χ4v) is 3.57. The highest BCUT2D eigenvalue weighted by Gasteiger charge is 2.26. The van der Waals surface area contributed by atoms with Gasteiger partial charge in [0.2, 0.25) is 5.82 Å². The van der Waals surface area contributed by atoms with Crippen LogP contribution in [-0.2, 0) is 6.42 Å². The molecule has 1 aliphatic rings. The lowest BCUT2D eigenvalue weighted by Gasteiger charge is -2.29. The molecule has 144 valence electrons. The van der Waals surface area contributed by atoms with Gasteiger partial charge in [0.1, 0.15) is 5.82 Å². The van der Waals surface area contributed by atoms with Gasteiger partial charge in [-0.15, -0.1) is 5.10 Å². The van der Waals surface area contributed by atoms with Crippen LogP contribution in [0.4, 0.5) is 0 Å². The molecule has 1 amide bonds. The fraction of sp³-hybridized carbons (Fsp3) is 0.348. The molecule has 28 heavy (non-hydrogen) atoms. The lowest BCUT2D eigenvalue weighted by Crippen LogP contribution is -2.38. The maximum absolute atomic E-state index is 13.0. The Balaban J connectivity index is 1.67. The first-order valence-electron chi connectivity index (χ1n) is 9.96. The van der Waals surface area contributed by atoms with E-state index in [1.807, 2.05) is 39.9 Å². The molecule has 0 spiro atoms. The summed E-state index contributed by atoms with van der Waals surface area (Å²) in [4.78, 5) is 19.5. The van der Waals surface area contributed by atoms with Crippen molar-refractivity contribution in [3.63, 3.8) is 0 Å². The topological polar surface area (TPSA) is 51.0 Å². The lowest BCUT2D eigenvalue weighted by atomic mass is 9.99. The standard InChI is InChI=1S/C23H26N4O/c1-17-8-10-20(11-9-17)27-21(16-19-6-4-3-5-7-19)24-22(25-27)23(28)26-14-12-18(2)13-15-26/h3-11,18H,12-16H2,1-2H3. The fourth-order valence-electron chi connectivity index (χ4n) is 3.57. The van der Waals surface area contributed by atoms with E-state index >= 15 is 0 Å². The summed E-state index contributed by atoms with van der Waals surface area (Å²) >= 11 is 0. The van der Waals surface area contributed by atoms with Crippen molar-refractivity contribution in [1.82, 2.24) is 19.7 Å². The Morgan fingerprint density at radius 1 is 1.04 bits per heavy atom. The Morgan fingerprint density at radius 2 is 1.71 bits per heavy atom. The van der Waals surface area contributed by atoms with E-state index in [9.17, 15) is 4.79 Å². The third kappa shape index (κ3) is 3.98. The van der Waals surface area contributed by atoms with E-state index in [0.717, 1.165) is 43.0 Å². The van der Waals surface area contributed by atoms with Gasteiger partial charge in [-0.3, -0.25) is 4.79 Å². The Kier molecular flexibility index (Phi) is 5.24. The first-order valence-corrected chi connectivity index (χ1v) is 9.96. The van der Waals surface area contributed by atoms with Crippen molar-refractivity contribution in [3.05, 3.63) is 77.4 Å². The molecule has 5 nitrogen and oxygen atoms in total. The number of likely N-dealkylation sites (tertiary alicyclic amines) is 1. The van der Waals surface area contributed by atoms with Gasteiger partial charge < -0.3 is 4.90 Å². The summed E-state index contributed by atoms with van der Waals surface area (Å²) < 4.78 is 1.81. The minimum absolute atomic E-state index is 0.0629. The molecule has 0 aliphatic carbocycles. The molecule has 0 unspecified atom stereocenters. The third-order valence-electron chi connectivity index (χ3n) is 5.42. The van der Waals surface area contributed by atoms with E-state index in [4.69, 9.17) is 0 Å². The van der Waals surface area contributed by atoms with Crippen LogP contribution < -0.4 is 0 Å². The summed E-state index contributed by atoms with van der Waals surface area (Å²) in [6, 6.07) is 18.3. The Bertz CT molecular complexity index is 938. The number of benzene rings is 2. The van der Waals surface area contributed by atoms with E-state index in [1.54, 1.807) is 0 Å². The van der Waals surface area contributed by atoms with E-state index < -0.39 is 0 Å². The molecule has 2 heterocycles. The molecular weight excluding hydrogens is 348 g/mol. The number of amides is 1. The predicted molar refractivity (Wildman–Crippen MR) is 110 cm³/mol. The van der Waals surface area contributed by atoms with E-state index in [-0.39, 0.29) is 5.91 Å². The molecule has 3 aromatic rings. The average molecular weight is 374 g/mol. The van der Waals surface area contributed by atoms with Crippen molar-refractivity contribution in [2.75, 3.05) is 13.1 Å². The number of rotatable bonds is 4. The molecule has 4 rings (SSSR count). The maximum Gasteiger partial charge on any atom is 0.293 e. The quantitative estimate of drug-likeness (QED) is 0.693. The average Bonchev–Trinajstić information content (AvgIpc) is 3.13. The number of aromatic nitrogens is 3. The zero-order chi connectivity index (χ0) is 19.5. The molecule has 0 atom stereocenters. The van der Waals surface area contributed by atoms with Crippen LogP contribution in [0.5, 0.6) is 0 Å². The van der Waals surface area contributed by atoms with Gasteiger partial charge in [0.25, 0.3) is 5.91 Å². The monoisotopic (exact) mass is 374 g/mol. The van der Waals surface area contributed by atoms with E-state index in [0.29, 0.717) is 18.2 Å². The van der Waals surface area contributed by atoms with E-state index in [2.05, 4.69) is 48.2 Å². The van der Waals surface area contributed by atoms with Gasteiger partial charge in [-0.05, 0) is 43.4 Å². The molecule has 0 saturated carbocycles. The second-order valence-electron chi connectivity index (χ2n) is 7.74. The molecule has 1 saturated heterocycles. The zero-order valence-corrected chi connectivity index (χ0v) is 16.5. The van der Waals surface area contributed by atoms with Crippen molar-refractivity contribution in [2.24, 2.45) is 5.92 Å². The molecule has 1 aliphatic heterocycles. The summed E-state index contributed by atoms with van der Waals surface area (Å²) in [6.07, 6.45) is 2.72. The minimum atomic E-state index is -0.0629. The molecule has 0 N–H and O–H groups in total. The van der Waals surface area contributed by atoms with Crippen LogP contribution in [0.2, 0.25) is 0 Å². The van der Waals surface area contributed by atoms with Crippen LogP contribution in [0.1, 0.15) is 47.3 Å². The molecule has 0 radical (unpaired) electrons. The van der Waals surface area contributed by atoms with Gasteiger partial charge in [0.05, 0.1) is 5.69 Å². The molecular formula is C23H26N4O. The zero-order valence-electron chi connectivity index (χ0n) is 16.5. The predicted octanol–water partition coefficient (Wildman–Crippen LogP) is 4.04. The summed E-state index contributed by atoms with van der Waals surface area (Å²) in [7, 11) is 0. The van der Waals surface area contributed by atoms with Crippen LogP contribution in [0.25, 0.3) is 5.69 Å². The van der Waals surface area contributed by atoms with Gasteiger partial charge in [-0.2, -0.15) is 0 Å². The van der Waals surface area contributed by atoms with Crippen molar-refractivity contribution < 1.29 is 4.79 Å². The minimum Gasteiger partial charge on any atom is -0.336 e. The number of aryl methyl sites for hydroxylation is 1. The first-order chi connectivity index (χ1) is 13.6. The van der Waals surface area contributed by atoms with Crippen LogP contribution in [-0.4, -0.2) is 38.7 Å². The number of hydrogen-bond donors (Lipinski definition) is 0. The van der Waals surface area contributed by atoms with Crippen molar-refractivity contribution in [2.45, 2.75) is 33.1 Å². The third-order valence-corrected chi connectivity index (χ3v) is 5.42. The van der Waals surface area contributed by atoms with Gasteiger partial charge in [0.15, 0.2) is 0 Å². The highest BCUT2D eigenvalue weighted by Crippen LogP contribution is 2.19. The van der Waals surface area contributed by atoms with Crippen molar-refractivity contribution in [3.8, 4) is 5.69 Å². The van der Waals surface area contributed by atoms with Gasteiger partial charge in [0, 0.05) is 19.5 Å². The van der Waals surface area contributed by atoms with Crippen molar-refractivity contribution in [1.29, 1.82) is 0 Å². The van der Waals surface area contributed by atoms with Crippen LogP contribution in [0.3, 0.4) is 0 Å². The summed E-state index contributed by atoms with van der Waals surface area (Å²) in [6.45, 7) is 5.87. The maximum atomic E-state index is 13.0. The number of carbonyl (C=O) groups excluding carboxylic acids is 1. The first kappa shape index (κ1) is 18.4. The van der Waals surface area contributed by atoms with Crippen LogP contribution >= 0.6 is 0 Å². The molecule has 2 aromatic carbocycles. The Labute approximate surface area is 166 Å². The lowest BCUT2D eigenvalue weighted by molar-refractivity contribution is 0.0685. The Hall–Kier alpha value is -2.95. The molecule has 5 heteroatoms. The summed E-state index contributed by atoms with van der Waals surface area (Å²) in [5.41, 5.74) is 3.26. The van der Waals surface area contributed by atoms with E-state index in [1.165, 1.54) is 5.56 Å². The van der Waals surface area contributed by atoms with Crippen molar-refractivity contribution >= 4 is 5.91 Å². The summed E-state index contributed by atoms with van der Waals surface area (Å²) in [5.74, 6) is 1.69. The number of nitrogens with zero attached hydrogens (tertiary/aromatic N) is 4. The number of carbonyl (C=O) groups is 1. The SMILES string of the molecule is Cc1ccc(-n2nc(C(=O)N3CCC(C)CC3)nc2Cc2ccccc2)cc1. The number of piperidine rings is 1. The second-order valence-corrected chi connectivity index (χ2v) is 7.74. The van der Waals surface area contributed by atoms with Gasteiger partial charge in [-0.25, -0.2) is 9.67 Å². The highest BCUT2D eigenvalue weighted by molar-refractivity contribution is 5.90. The Morgan fingerprint density at radius 3 is 2.39 bits per heavy atom. The van der Waals surface area contributed by atoms with Gasteiger partial charge in [-0.1, -0.05) is 55.0 Å². The molecule has 1 fully saturated rings. The molecule has 1 aromatic heterocycles. The second kappa shape index (κ2) is 7.97. The van der Waals surface area contributed by atoms with Crippen LogP contribution in [0.15, 0.2) is 54.6 Å². The summed E-state index contributed by atoms with van der Waals surface area (Å²) in [5, 5.41) is 4.61.